The lowest BCUT2D eigenvalue weighted by Crippen LogP contribution is -2.39. The minimum atomic E-state index is 0.253. The van der Waals surface area contributed by atoms with Crippen LogP contribution in [0.5, 0.6) is 0 Å². The highest BCUT2D eigenvalue weighted by atomic mass is 16.5. The lowest BCUT2D eigenvalue weighted by atomic mass is 10.1. The minimum Gasteiger partial charge on any atom is -0.378 e. The summed E-state index contributed by atoms with van der Waals surface area (Å²) in [4.78, 5) is 2.46. The van der Waals surface area contributed by atoms with Crippen LogP contribution in [-0.2, 0) is 11.3 Å². The summed E-state index contributed by atoms with van der Waals surface area (Å²) < 4.78 is 5.65. The fourth-order valence-corrected chi connectivity index (χ4v) is 3.14. The molecule has 1 fully saturated rings. The molecule has 0 aliphatic carbocycles. The van der Waals surface area contributed by atoms with E-state index < -0.39 is 0 Å². The topological polar surface area (TPSA) is 41.1 Å². The average Bonchev–Trinajstić information content (AvgIpc) is 3.10. The number of fused-ring (bicyclic) bond motifs is 1. The van der Waals surface area contributed by atoms with Gasteiger partial charge in [-0.25, -0.2) is 0 Å². The van der Waals surface area contributed by atoms with Gasteiger partial charge in [-0.15, -0.1) is 0 Å². The summed E-state index contributed by atoms with van der Waals surface area (Å²) >= 11 is 0. The van der Waals surface area contributed by atoms with Crippen LogP contribution in [0.4, 0.5) is 0 Å². The van der Waals surface area contributed by atoms with Crippen LogP contribution in [0.25, 0.3) is 10.8 Å². The van der Waals surface area contributed by atoms with Crippen molar-refractivity contribution in [1.29, 1.82) is 0 Å². The number of nitrogens with one attached hydrogen (secondary N) is 1. The molecule has 2 aromatic carbocycles. The molecule has 1 atom stereocenters. The highest BCUT2D eigenvalue weighted by molar-refractivity contribution is 5.82. The van der Waals surface area contributed by atoms with E-state index >= 15 is 0 Å². The molecule has 1 saturated heterocycles. The maximum atomic E-state index is 5.65. The van der Waals surface area contributed by atoms with Gasteiger partial charge >= 0.3 is 0 Å². The predicted molar refractivity (Wildman–Crippen MR) is 86.5 cm³/mol. The fourth-order valence-electron chi connectivity index (χ4n) is 3.14. The molecular weight excluding hydrogens is 274 g/mol. The third-order valence-electron chi connectivity index (χ3n) is 4.32. The first-order chi connectivity index (χ1) is 10.9. The Labute approximate surface area is 129 Å². The predicted octanol–water partition coefficient (Wildman–Crippen LogP) is 3.14. The second kappa shape index (κ2) is 5.91. The molecule has 1 aliphatic rings. The van der Waals surface area contributed by atoms with Crippen LogP contribution in [-0.4, -0.2) is 34.9 Å². The molecule has 1 N–H and O–H groups in total. The molecule has 0 bridgehead atoms. The number of ether oxygens (including phenoxy) is 1. The number of rotatable bonds is 3. The molecule has 0 saturated carbocycles. The maximum Gasteiger partial charge on any atom is 0.0755 e. The van der Waals surface area contributed by atoms with Crippen LogP contribution >= 0.6 is 0 Å². The van der Waals surface area contributed by atoms with E-state index in [0.717, 1.165) is 32.0 Å². The molecule has 1 aliphatic heterocycles. The van der Waals surface area contributed by atoms with Gasteiger partial charge in [-0.1, -0.05) is 36.4 Å². The summed E-state index contributed by atoms with van der Waals surface area (Å²) in [6.45, 7) is 3.38. The summed E-state index contributed by atoms with van der Waals surface area (Å²) in [5.41, 5.74) is 2.46. The van der Waals surface area contributed by atoms with Gasteiger partial charge in [0, 0.05) is 19.3 Å². The molecule has 0 amide bonds. The Hall–Kier alpha value is -2.17. The van der Waals surface area contributed by atoms with Crippen molar-refractivity contribution in [2.45, 2.75) is 12.6 Å². The first-order valence-corrected chi connectivity index (χ1v) is 7.69. The van der Waals surface area contributed by atoms with Crippen LogP contribution in [0.1, 0.15) is 17.3 Å². The van der Waals surface area contributed by atoms with Crippen LogP contribution in [0.15, 0.2) is 54.7 Å². The minimum absolute atomic E-state index is 0.253. The third-order valence-corrected chi connectivity index (χ3v) is 4.32. The molecule has 1 aromatic heterocycles. The maximum absolute atomic E-state index is 5.65. The monoisotopic (exact) mass is 293 g/mol. The molecule has 3 aromatic rings. The number of morpholine rings is 1. The number of H-pyrrole nitrogens is 1. The third kappa shape index (κ3) is 2.63. The Morgan fingerprint density at radius 2 is 2.05 bits per heavy atom. The number of benzene rings is 2. The number of aromatic amines is 1. The molecule has 4 heteroatoms. The Kier molecular flexibility index (Phi) is 3.62. The first kappa shape index (κ1) is 13.5. The fraction of sp³-hybridized carbons (Fsp3) is 0.278. The Morgan fingerprint density at radius 3 is 2.91 bits per heavy atom. The SMILES string of the molecule is c1ccc2cc(CN3CCOC[C@@H]3c3ccn[nH]3)ccc2c1. The highest BCUT2D eigenvalue weighted by Gasteiger charge is 2.25. The normalized spacial score (nSPS) is 19.5. The van der Waals surface area contributed by atoms with Gasteiger partial charge in [0.2, 0.25) is 0 Å². The molecular formula is C18H19N3O. The molecule has 0 radical (unpaired) electrons. The smallest absolute Gasteiger partial charge is 0.0755 e. The van der Waals surface area contributed by atoms with E-state index in [9.17, 15) is 0 Å². The van der Waals surface area contributed by atoms with Gasteiger partial charge in [0.15, 0.2) is 0 Å². The zero-order valence-corrected chi connectivity index (χ0v) is 12.4. The molecule has 4 nitrogen and oxygen atoms in total. The lowest BCUT2D eigenvalue weighted by Gasteiger charge is -2.34. The van der Waals surface area contributed by atoms with Gasteiger partial charge in [0.25, 0.3) is 0 Å². The summed E-state index contributed by atoms with van der Waals surface area (Å²) in [6, 6.07) is 17.5. The van der Waals surface area contributed by atoms with Gasteiger partial charge in [0.1, 0.15) is 0 Å². The molecule has 112 valence electrons. The Bertz CT molecular complexity index is 754. The summed E-state index contributed by atoms with van der Waals surface area (Å²) in [5.74, 6) is 0. The number of hydrogen-bond donors (Lipinski definition) is 1. The summed E-state index contributed by atoms with van der Waals surface area (Å²) in [7, 11) is 0. The largest absolute Gasteiger partial charge is 0.378 e. The van der Waals surface area contributed by atoms with Crippen molar-refractivity contribution in [3.05, 3.63) is 66.0 Å². The first-order valence-electron chi connectivity index (χ1n) is 7.69. The zero-order valence-electron chi connectivity index (χ0n) is 12.4. The van der Waals surface area contributed by atoms with E-state index in [0.29, 0.717) is 0 Å². The van der Waals surface area contributed by atoms with E-state index in [1.54, 1.807) is 6.20 Å². The van der Waals surface area contributed by atoms with Gasteiger partial charge in [-0.2, -0.15) is 5.10 Å². The average molecular weight is 293 g/mol. The molecule has 0 unspecified atom stereocenters. The quantitative estimate of drug-likeness (QED) is 0.806. The number of hydrogen-bond acceptors (Lipinski definition) is 3. The van der Waals surface area contributed by atoms with Gasteiger partial charge in [-0.3, -0.25) is 10.00 Å². The Morgan fingerprint density at radius 1 is 1.14 bits per heavy atom. The molecule has 22 heavy (non-hydrogen) atoms. The van der Waals surface area contributed by atoms with Crippen LogP contribution in [0.3, 0.4) is 0 Å². The van der Waals surface area contributed by atoms with Gasteiger partial charge in [0.05, 0.1) is 24.9 Å². The van der Waals surface area contributed by atoms with Crippen molar-refractivity contribution in [2.75, 3.05) is 19.8 Å². The van der Waals surface area contributed by atoms with Crippen molar-refractivity contribution in [3.63, 3.8) is 0 Å². The zero-order chi connectivity index (χ0) is 14.8. The van der Waals surface area contributed by atoms with Gasteiger partial charge in [-0.05, 0) is 28.5 Å². The lowest BCUT2D eigenvalue weighted by molar-refractivity contribution is -0.0142. The van der Waals surface area contributed by atoms with E-state index in [-0.39, 0.29) is 6.04 Å². The van der Waals surface area contributed by atoms with Crippen molar-refractivity contribution >= 4 is 10.8 Å². The van der Waals surface area contributed by atoms with Crippen LogP contribution in [0.2, 0.25) is 0 Å². The summed E-state index contributed by atoms with van der Waals surface area (Å²) in [5, 5.41) is 9.74. The van der Waals surface area contributed by atoms with Crippen molar-refractivity contribution in [3.8, 4) is 0 Å². The van der Waals surface area contributed by atoms with E-state index in [4.69, 9.17) is 4.74 Å². The Balaban J connectivity index is 1.59. The van der Waals surface area contributed by atoms with E-state index in [2.05, 4.69) is 57.6 Å². The van der Waals surface area contributed by atoms with Crippen LogP contribution < -0.4 is 0 Å². The van der Waals surface area contributed by atoms with Crippen molar-refractivity contribution < 1.29 is 4.74 Å². The molecule has 4 rings (SSSR count). The second-order valence-electron chi connectivity index (χ2n) is 5.75. The standard InChI is InChI=1S/C18H19N3O/c1-2-4-16-11-14(5-6-15(16)3-1)12-21-9-10-22-13-18(21)17-7-8-19-20-17/h1-8,11,18H,9-10,12-13H2,(H,19,20)/t18-/m1/s1. The van der Waals surface area contributed by atoms with E-state index in [1.165, 1.54) is 16.3 Å². The van der Waals surface area contributed by atoms with Crippen molar-refractivity contribution in [2.24, 2.45) is 0 Å². The van der Waals surface area contributed by atoms with Crippen LogP contribution in [0, 0.1) is 0 Å². The van der Waals surface area contributed by atoms with Crippen molar-refractivity contribution in [1.82, 2.24) is 15.1 Å². The summed E-state index contributed by atoms with van der Waals surface area (Å²) in [6.07, 6.45) is 1.80. The van der Waals surface area contributed by atoms with Gasteiger partial charge < -0.3 is 4.74 Å². The highest BCUT2D eigenvalue weighted by Crippen LogP contribution is 2.25. The second-order valence-corrected chi connectivity index (χ2v) is 5.75. The molecule has 2 heterocycles. The molecule has 0 spiro atoms. The number of aromatic nitrogens is 2. The number of nitrogens with zero attached hydrogens (tertiary/aromatic N) is 2. The van der Waals surface area contributed by atoms with E-state index in [1.807, 2.05) is 6.07 Å².